The van der Waals surface area contributed by atoms with Gasteiger partial charge in [-0.15, -0.1) is 5.10 Å². The van der Waals surface area contributed by atoms with Gasteiger partial charge in [-0.2, -0.15) is 10.1 Å². The molecule has 2 aromatic carbocycles. The summed E-state index contributed by atoms with van der Waals surface area (Å²) in [5.74, 6) is 2.48. The zero-order valence-corrected chi connectivity index (χ0v) is 15.6. The summed E-state index contributed by atoms with van der Waals surface area (Å²) >= 11 is 0. The van der Waals surface area contributed by atoms with Crippen molar-refractivity contribution in [1.29, 1.82) is 0 Å². The summed E-state index contributed by atoms with van der Waals surface area (Å²) in [5, 5.41) is 14.3. The lowest BCUT2D eigenvalue weighted by molar-refractivity contribution is 0.324. The number of hydrogen-bond acceptors (Lipinski definition) is 8. The molecule has 1 heterocycles. The summed E-state index contributed by atoms with van der Waals surface area (Å²) in [4.78, 5) is 4.43. The highest BCUT2D eigenvalue weighted by molar-refractivity contribution is 5.66. The van der Waals surface area contributed by atoms with Crippen LogP contribution < -0.4 is 24.8 Å². The van der Waals surface area contributed by atoms with Gasteiger partial charge in [0.1, 0.15) is 0 Å². The van der Waals surface area contributed by atoms with E-state index in [9.17, 15) is 0 Å². The fourth-order valence-electron chi connectivity index (χ4n) is 2.48. The molecule has 3 aromatic rings. The standard InChI is InChI=1S/C19H21N5O3/c1-12-5-7-13(8-6-12)21-17-11-20-24-19(23-17)22-14-9-15(25-2)18(27-4)16(10-14)26-3/h5-11H,1-4H3,(H2,21,22,23,24). The Bertz CT molecular complexity index is 890. The van der Waals surface area contributed by atoms with Crippen molar-refractivity contribution in [2.45, 2.75) is 6.92 Å². The first-order valence-corrected chi connectivity index (χ1v) is 8.23. The van der Waals surface area contributed by atoms with Crippen LogP contribution in [0, 0.1) is 6.92 Å². The molecule has 0 aliphatic carbocycles. The van der Waals surface area contributed by atoms with E-state index in [4.69, 9.17) is 14.2 Å². The molecule has 3 rings (SSSR count). The minimum Gasteiger partial charge on any atom is -0.493 e. The largest absolute Gasteiger partial charge is 0.493 e. The van der Waals surface area contributed by atoms with E-state index in [1.54, 1.807) is 39.7 Å². The first-order valence-electron chi connectivity index (χ1n) is 8.23. The normalized spacial score (nSPS) is 10.2. The van der Waals surface area contributed by atoms with Gasteiger partial charge in [0.15, 0.2) is 17.3 Å². The number of rotatable bonds is 7. The Labute approximate surface area is 157 Å². The second kappa shape index (κ2) is 8.22. The van der Waals surface area contributed by atoms with E-state index in [0.29, 0.717) is 34.7 Å². The highest BCUT2D eigenvalue weighted by atomic mass is 16.5. The first kappa shape index (κ1) is 18.2. The van der Waals surface area contributed by atoms with Gasteiger partial charge in [-0.05, 0) is 19.1 Å². The van der Waals surface area contributed by atoms with Gasteiger partial charge in [0.2, 0.25) is 11.7 Å². The van der Waals surface area contributed by atoms with Crippen molar-refractivity contribution in [3.05, 3.63) is 48.2 Å². The van der Waals surface area contributed by atoms with Crippen molar-refractivity contribution < 1.29 is 14.2 Å². The maximum Gasteiger partial charge on any atom is 0.249 e. The zero-order valence-electron chi connectivity index (χ0n) is 15.6. The molecule has 0 saturated carbocycles. The maximum absolute atomic E-state index is 5.36. The Morgan fingerprint density at radius 3 is 2.07 bits per heavy atom. The Morgan fingerprint density at radius 2 is 1.48 bits per heavy atom. The van der Waals surface area contributed by atoms with Crippen molar-refractivity contribution in [2.75, 3.05) is 32.0 Å². The van der Waals surface area contributed by atoms with Gasteiger partial charge >= 0.3 is 0 Å². The molecule has 0 unspecified atom stereocenters. The fraction of sp³-hybridized carbons (Fsp3) is 0.211. The van der Waals surface area contributed by atoms with Crippen molar-refractivity contribution in [3.63, 3.8) is 0 Å². The van der Waals surface area contributed by atoms with Gasteiger partial charge in [-0.3, -0.25) is 0 Å². The smallest absolute Gasteiger partial charge is 0.249 e. The van der Waals surface area contributed by atoms with Crippen LogP contribution in [0.15, 0.2) is 42.6 Å². The van der Waals surface area contributed by atoms with E-state index >= 15 is 0 Å². The Hall–Kier alpha value is -3.55. The molecule has 1 aromatic heterocycles. The molecular formula is C19H21N5O3. The van der Waals surface area contributed by atoms with Crippen LogP contribution in [0.5, 0.6) is 17.2 Å². The van der Waals surface area contributed by atoms with Crippen LogP contribution in [0.2, 0.25) is 0 Å². The molecule has 0 aliphatic rings. The highest BCUT2D eigenvalue weighted by Crippen LogP contribution is 2.40. The average molecular weight is 367 g/mol. The summed E-state index contributed by atoms with van der Waals surface area (Å²) in [6.07, 6.45) is 1.56. The van der Waals surface area contributed by atoms with Crippen LogP contribution >= 0.6 is 0 Å². The van der Waals surface area contributed by atoms with Gasteiger partial charge < -0.3 is 24.8 Å². The second-order valence-corrected chi connectivity index (χ2v) is 5.70. The zero-order chi connectivity index (χ0) is 19.2. The third-order valence-electron chi connectivity index (χ3n) is 3.80. The van der Waals surface area contributed by atoms with Gasteiger partial charge in [-0.1, -0.05) is 17.7 Å². The van der Waals surface area contributed by atoms with E-state index < -0.39 is 0 Å². The van der Waals surface area contributed by atoms with Crippen LogP contribution in [-0.4, -0.2) is 36.5 Å². The van der Waals surface area contributed by atoms with Gasteiger partial charge in [0, 0.05) is 23.5 Å². The molecule has 0 fully saturated rings. The lowest BCUT2D eigenvalue weighted by atomic mass is 10.2. The van der Waals surface area contributed by atoms with E-state index in [-0.39, 0.29) is 0 Å². The molecule has 0 saturated heterocycles. The number of hydrogen-bond donors (Lipinski definition) is 2. The highest BCUT2D eigenvalue weighted by Gasteiger charge is 2.14. The first-order chi connectivity index (χ1) is 13.1. The number of ether oxygens (including phenoxy) is 3. The van der Waals surface area contributed by atoms with Gasteiger partial charge in [0.25, 0.3) is 0 Å². The van der Waals surface area contributed by atoms with E-state index in [1.807, 2.05) is 31.2 Å². The maximum atomic E-state index is 5.36. The van der Waals surface area contributed by atoms with Crippen molar-refractivity contribution >= 4 is 23.1 Å². The lowest BCUT2D eigenvalue weighted by Gasteiger charge is -2.14. The molecule has 2 N–H and O–H groups in total. The molecule has 0 spiro atoms. The molecule has 0 aliphatic heterocycles. The topological polar surface area (TPSA) is 90.4 Å². The van der Waals surface area contributed by atoms with Crippen LogP contribution in [-0.2, 0) is 0 Å². The molecular weight excluding hydrogens is 346 g/mol. The summed E-state index contributed by atoms with van der Waals surface area (Å²) in [6, 6.07) is 11.5. The summed E-state index contributed by atoms with van der Waals surface area (Å²) in [7, 11) is 4.68. The molecule has 0 radical (unpaired) electrons. The molecule has 8 heteroatoms. The molecule has 8 nitrogen and oxygen atoms in total. The van der Waals surface area contributed by atoms with Crippen LogP contribution in [0.1, 0.15) is 5.56 Å². The predicted octanol–water partition coefficient (Wildman–Crippen LogP) is 3.69. The predicted molar refractivity (Wildman–Crippen MR) is 104 cm³/mol. The second-order valence-electron chi connectivity index (χ2n) is 5.70. The van der Waals surface area contributed by atoms with E-state index in [0.717, 1.165) is 5.69 Å². The molecule has 140 valence electrons. The number of aromatic nitrogens is 3. The summed E-state index contributed by atoms with van der Waals surface area (Å²) in [6.45, 7) is 2.04. The number of methoxy groups -OCH3 is 3. The number of benzene rings is 2. The third kappa shape index (κ3) is 4.35. The SMILES string of the molecule is COc1cc(Nc2nncc(Nc3ccc(C)cc3)n2)cc(OC)c1OC. The lowest BCUT2D eigenvalue weighted by Crippen LogP contribution is -2.03. The summed E-state index contributed by atoms with van der Waals surface area (Å²) in [5.41, 5.74) is 2.78. The minimum atomic E-state index is 0.335. The van der Waals surface area contributed by atoms with E-state index in [1.165, 1.54) is 5.56 Å². The van der Waals surface area contributed by atoms with Crippen LogP contribution in [0.3, 0.4) is 0 Å². The molecule has 0 bridgehead atoms. The Kier molecular flexibility index (Phi) is 5.55. The van der Waals surface area contributed by atoms with Crippen molar-refractivity contribution in [2.24, 2.45) is 0 Å². The monoisotopic (exact) mass is 367 g/mol. The van der Waals surface area contributed by atoms with Crippen molar-refractivity contribution in [3.8, 4) is 17.2 Å². The third-order valence-corrected chi connectivity index (χ3v) is 3.80. The Morgan fingerprint density at radius 1 is 0.815 bits per heavy atom. The number of aryl methyl sites for hydroxylation is 1. The van der Waals surface area contributed by atoms with Gasteiger partial charge in [-0.25, -0.2) is 0 Å². The van der Waals surface area contributed by atoms with Crippen LogP contribution in [0.4, 0.5) is 23.1 Å². The minimum absolute atomic E-state index is 0.335. The number of nitrogens with one attached hydrogen (secondary N) is 2. The molecule has 0 atom stereocenters. The molecule has 0 amide bonds. The van der Waals surface area contributed by atoms with Crippen molar-refractivity contribution in [1.82, 2.24) is 15.2 Å². The Balaban J connectivity index is 1.82. The van der Waals surface area contributed by atoms with Gasteiger partial charge in [0.05, 0.1) is 27.5 Å². The fourth-order valence-corrected chi connectivity index (χ4v) is 2.48. The molecule has 27 heavy (non-hydrogen) atoms. The quantitative estimate of drug-likeness (QED) is 0.653. The number of anilines is 4. The summed E-state index contributed by atoms with van der Waals surface area (Å²) < 4.78 is 16.0. The number of nitrogens with zero attached hydrogens (tertiary/aromatic N) is 3. The van der Waals surface area contributed by atoms with E-state index in [2.05, 4.69) is 25.8 Å². The van der Waals surface area contributed by atoms with Crippen LogP contribution in [0.25, 0.3) is 0 Å². The average Bonchev–Trinajstić information content (AvgIpc) is 2.69.